The van der Waals surface area contributed by atoms with Crippen molar-refractivity contribution in [2.45, 2.75) is 112 Å². The van der Waals surface area contributed by atoms with Crippen molar-refractivity contribution < 1.29 is 9.53 Å². The number of rotatable bonds is 18. The van der Waals surface area contributed by atoms with E-state index in [0.717, 1.165) is 6.42 Å². The monoisotopic (exact) mass is 494 g/mol. The molecule has 2 nitrogen and oxygen atoms in total. The zero-order valence-electron chi connectivity index (χ0n) is 18.4. The van der Waals surface area contributed by atoms with Crippen LogP contribution < -0.4 is 0 Å². The Morgan fingerprint density at radius 2 is 1.35 bits per heavy atom. The predicted octanol–water partition coefficient (Wildman–Crippen LogP) is 7.83. The van der Waals surface area contributed by atoms with Crippen molar-refractivity contribution in [1.82, 2.24) is 0 Å². The molecule has 0 aliphatic rings. The minimum absolute atomic E-state index is 0.0514. The van der Waals surface area contributed by atoms with E-state index in [4.69, 9.17) is 4.74 Å². The Balaban J connectivity index is 4.58. The number of unbranched alkanes of at least 4 members (excludes halogenated alkanes) is 4. The Hall–Kier alpha value is 0.619. The molecule has 0 bridgehead atoms. The van der Waals surface area contributed by atoms with Gasteiger partial charge >= 0.3 is 172 Å². The van der Waals surface area contributed by atoms with Gasteiger partial charge in [-0.25, -0.2) is 0 Å². The molecule has 0 rings (SSSR count). The summed E-state index contributed by atoms with van der Waals surface area (Å²) in [5, 5.41) is 0. The van der Waals surface area contributed by atoms with E-state index in [2.05, 4.69) is 43.6 Å². The first-order valence-corrected chi connectivity index (χ1v) is 21.9. The summed E-state index contributed by atoms with van der Waals surface area (Å²) in [5.41, 5.74) is 0. The number of carbonyl (C=O) groups excluding carboxylic acids is 1. The molecule has 0 radical (unpaired) electrons. The Morgan fingerprint density at radius 1 is 0.846 bits per heavy atom. The Morgan fingerprint density at radius 3 is 1.77 bits per heavy atom. The standard InChI is InChI=1S/C10H20O2S.3C4H9.Sn/c1-3-5-6-9(4-2)7-12-10(11)8-13;3*1-3-4-2;/h9,13H,3-8H2,1-2H3;3*1,3-4H2,2H3;/q;;;;+1/p-1. The molecule has 0 aromatic rings. The molecule has 0 amide bonds. The quantitative estimate of drug-likeness (QED) is 0.144. The molecule has 0 N–H and O–H groups in total. The minimum atomic E-state index is -2.25. The molecule has 0 saturated heterocycles. The molecule has 0 aromatic carbocycles. The molecule has 26 heavy (non-hydrogen) atoms. The van der Waals surface area contributed by atoms with Gasteiger partial charge in [0.25, 0.3) is 0 Å². The van der Waals surface area contributed by atoms with Gasteiger partial charge in [0, 0.05) is 0 Å². The van der Waals surface area contributed by atoms with Crippen LogP contribution >= 0.6 is 8.95 Å². The van der Waals surface area contributed by atoms with Crippen LogP contribution in [0.3, 0.4) is 0 Å². The van der Waals surface area contributed by atoms with Gasteiger partial charge in [0.05, 0.1) is 0 Å². The maximum absolute atomic E-state index is 12.4. The van der Waals surface area contributed by atoms with Crippen molar-refractivity contribution >= 4 is 31.9 Å². The summed E-state index contributed by atoms with van der Waals surface area (Å²) >= 11 is -2.25. The molecule has 156 valence electrons. The van der Waals surface area contributed by atoms with Crippen molar-refractivity contribution in [3.05, 3.63) is 0 Å². The van der Waals surface area contributed by atoms with E-state index in [1.165, 1.54) is 71.1 Å². The summed E-state index contributed by atoms with van der Waals surface area (Å²) in [6, 6.07) is 0. The van der Waals surface area contributed by atoms with Crippen LogP contribution in [0.1, 0.15) is 98.8 Å². The first-order chi connectivity index (χ1) is 12.6. The van der Waals surface area contributed by atoms with E-state index in [1.807, 2.05) is 0 Å². The first kappa shape index (κ1) is 26.6. The molecule has 1 unspecified atom stereocenters. The van der Waals surface area contributed by atoms with Crippen LogP contribution in [0.25, 0.3) is 0 Å². The molecule has 0 aliphatic carbocycles. The Labute approximate surface area is 171 Å². The van der Waals surface area contributed by atoms with Gasteiger partial charge in [-0.15, -0.1) is 0 Å². The second kappa shape index (κ2) is 17.7. The second-order valence-electron chi connectivity index (χ2n) is 7.88. The van der Waals surface area contributed by atoms with Gasteiger partial charge < -0.3 is 0 Å². The third kappa shape index (κ3) is 12.9. The van der Waals surface area contributed by atoms with E-state index in [-0.39, 0.29) is 5.97 Å². The van der Waals surface area contributed by atoms with E-state index in [9.17, 15) is 4.79 Å². The molecule has 0 fully saturated rings. The van der Waals surface area contributed by atoms with Gasteiger partial charge in [-0.2, -0.15) is 0 Å². The molecular formula is C22H46O2SSn. The number of esters is 1. The molecule has 0 saturated carbocycles. The first-order valence-electron chi connectivity index (χ1n) is 11.4. The maximum atomic E-state index is 12.4. The number of hydrogen-bond acceptors (Lipinski definition) is 3. The van der Waals surface area contributed by atoms with Gasteiger partial charge in [-0.05, 0) is 0 Å². The van der Waals surface area contributed by atoms with E-state index in [1.54, 1.807) is 0 Å². The Bertz CT molecular complexity index is 314. The topological polar surface area (TPSA) is 26.3 Å². The van der Waals surface area contributed by atoms with Crippen LogP contribution in [0.4, 0.5) is 0 Å². The summed E-state index contributed by atoms with van der Waals surface area (Å²) in [7, 11) is 2.11. The number of ether oxygens (including phenoxy) is 1. The van der Waals surface area contributed by atoms with Crippen LogP contribution in [0.2, 0.25) is 13.3 Å². The van der Waals surface area contributed by atoms with Crippen molar-refractivity contribution in [3.8, 4) is 0 Å². The van der Waals surface area contributed by atoms with Crippen LogP contribution in [-0.2, 0) is 9.53 Å². The SMILES string of the molecule is CCCCC(CC)COC(=O)C[S][Sn]([CH2]CCC)([CH2]CCC)[CH2]CCC. The second-order valence-corrected chi connectivity index (χ2v) is 27.8. The summed E-state index contributed by atoms with van der Waals surface area (Å²) in [6.45, 7) is 12.0. The Kier molecular flexibility index (Phi) is 18.1. The van der Waals surface area contributed by atoms with Crippen molar-refractivity contribution in [1.29, 1.82) is 0 Å². The van der Waals surface area contributed by atoms with Gasteiger partial charge in [-0.1, -0.05) is 0 Å². The molecule has 0 spiro atoms. The third-order valence-corrected chi connectivity index (χ3v) is 27.9. The molecule has 0 aromatic heterocycles. The summed E-state index contributed by atoms with van der Waals surface area (Å²) in [5.74, 6) is 1.23. The fourth-order valence-electron chi connectivity index (χ4n) is 3.45. The molecule has 0 heterocycles. The number of carbonyl (C=O) groups is 1. The molecule has 0 aliphatic heterocycles. The predicted molar refractivity (Wildman–Crippen MR) is 122 cm³/mol. The van der Waals surface area contributed by atoms with Crippen molar-refractivity contribution in [2.24, 2.45) is 5.92 Å². The molecule has 1 atom stereocenters. The van der Waals surface area contributed by atoms with Gasteiger partial charge in [0.15, 0.2) is 0 Å². The van der Waals surface area contributed by atoms with Crippen LogP contribution in [0, 0.1) is 5.92 Å². The van der Waals surface area contributed by atoms with E-state index >= 15 is 0 Å². The fraction of sp³-hybridized carbons (Fsp3) is 0.955. The molecule has 4 heteroatoms. The fourth-order valence-corrected chi connectivity index (χ4v) is 25.3. The zero-order chi connectivity index (χ0) is 19.7. The van der Waals surface area contributed by atoms with Crippen molar-refractivity contribution in [2.75, 3.05) is 12.4 Å². The molecular weight excluding hydrogens is 447 g/mol. The average molecular weight is 493 g/mol. The van der Waals surface area contributed by atoms with Crippen LogP contribution in [0.5, 0.6) is 0 Å². The van der Waals surface area contributed by atoms with Crippen LogP contribution in [-0.4, -0.2) is 35.3 Å². The van der Waals surface area contributed by atoms with E-state index in [0.29, 0.717) is 18.3 Å². The van der Waals surface area contributed by atoms with Gasteiger partial charge in [-0.3, -0.25) is 0 Å². The van der Waals surface area contributed by atoms with Crippen LogP contribution in [0.15, 0.2) is 0 Å². The van der Waals surface area contributed by atoms with Gasteiger partial charge in [0.2, 0.25) is 0 Å². The normalized spacial score (nSPS) is 13.0. The van der Waals surface area contributed by atoms with Crippen molar-refractivity contribution in [3.63, 3.8) is 0 Å². The van der Waals surface area contributed by atoms with Gasteiger partial charge in [0.1, 0.15) is 0 Å². The number of hydrogen-bond donors (Lipinski definition) is 0. The zero-order valence-corrected chi connectivity index (χ0v) is 22.1. The summed E-state index contributed by atoms with van der Waals surface area (Å²) in [4.78, 5) is 12.4. The average Bonchev–Trinajstić information content (AvgIpc) is 2.67. The van der Waals surface area contributed by atoms with E-state index < -0.39 is 17.0 Å². The third-order valence-electron chi connectivity index (χ3n) is 5.48. The summed E-state index contributed by atoms with van der Waals surface area (Å²) < 4.78 is 10.0. The summed E-state index contributed by atoms with van der Waals surface area (Å²) in [6.07, 6.45) is 12.7.